The van der Waals surface area contributed by atoms with Gasteiger partial charge in [0.25, 0.3) is 0 Å². The number of carbonyl (C=O) groups excluding carboxylic acids is 4. The Balaban J connectivity index is 0.00000124. The van der Waals surface area contributed by atoms with Gasteiger partial charge in [-0.1, -0.05) is 27.7 Å². The highest BCUT2D eigenvalue weighted by Crippen LogP contribution is 2.40. The third kappa shape index (κ3) is 10.9. The first-order valence-electron chi connectivity index (χ1n) is 11.7. The summed E-state index contributed by atoms with van der Waals surface area (Å²) in [4.78, 5) is 49.2. The molecular formula is C27H41N3O7. The van der Waals surface area contributed by atoms with Gasteiger partial charge < -0.3 is 28.6 Å². The molecule has 2 aromatic rings. The first kappa shape index (κ1) is 33.3. The summed E-state index contributed by atoms with van der Waals surface area (Å²) in [5, 5.41) is 0. The lowest BCUT2D eigenvalue weighted by molar-refractivity contribution is -0.140. The second kappa shape index (κ2) is 16.2. The van der Waals surface area contributed by atoms with Crippen molar-refractivity contribution in [1.82, 2.24) is 14.4 Å². The molecule has 0 fully saturated rings. The number of esters is 2. The molecule has 0 unspecified atom stereocenters. The van der Waals surface area contributed by atoms with Crippen molar-refractivity contribution in [2.24, 2.45) is 11.8 Å². The number of nitrogens with zero attached hydrogens (tertiary/aromatic N) is 3. The van der Waals surface area contributed by atoms with Crippen LogP contribution in [-0.2, 0) is 14.4 Å². The highest BCUT2D eigenvalue weighted by atomic mass is 16.6. The van der Waals surface area contributed by atoms with Crippen molar-refractivity contribution in [1.29, 1.82) is 0 Å². The Kier molecular flexibility index (Phi) is 14.6. The van der Waals surface area contributed by atoms with Crippen LogP contribution in [0.4, 0.5) is 0 Å². The molecule has 0 saturated heterocycles. The lowest BCUT2D eigenvalue weighted by Crippen LogP contribution is -2.18. The zero-order chi connectivity index (χ0) is 28.9. The van der Waals surface area contributed by atoms with Gasteiger partial charge >= 0.3 is 11.9 Å². The average molecular weight is 520 g/mol. The highest BCUT2D eigenvalue weighted by molar-refractivity contribution is 5.87. The lowest BCUT2D eigenvalue weighted by Gasteiger charge is -2.10. The van der Waals surface area contributed by atoms with Crippen LogP contribution in [0.5, 0.6) is 17.2 Å². The Hall–Kier alpha value is -3.66. The number of hydrogen-bond donors (Lipinski definition) is 0. The predicted octanol–water partition coefficient (Wildman–Crippen LogP) is 3.61. The summed E-state index contributed by atoms with van der Waals surface area (Å²) < 4.78 is 17.7. The normalized spacial score (nSPS) is 10.1. The van der Waals surface area contributed by atoms with E-state index in [1.54, 1.807) is 84.7 Å². The van der Waals surface area contributed by atoms with Gasteiger partial charge in [-0.25, -0.2) is 0 Å². The fraction of sp³-hybridized carbons (Fsp3) is 0.481. The number of rotatable bonds is 8. The number of amides is 1. The van der Waals surface area contributed by atoms with E-state index >= 15 is 0 Å². The fourth-order valence-electron chi connectivity index (χ4n) is 2.49. The van der Waals surface area contributed by atoms with E-state index in [1.165, 1.54) is 4.90 Å². The van der Waals surface area contributed by atoms with E-state index in [0.717, 1.165) is 6.41 Å². The Labute approximate surface area is 220 Å². The fourth-order valence-corrected chi connectivity index (χ4v) is 2.49. The van der Waals surface area contributed by atoms with Crippen LogP contribution >= 0.6 is 0 Å². The van der Waals surface area contributed by atoms with E-state index in [-0.39, 0.29) is 17.2 Å². The molecule has 2 rings (SSSR count). The van der Waals surface area contributed by atoms with Gasteiger partial charge in [0, 0.05) is 19.8 Å². The Morgan fingerprint density at radius 2 is 1.24 bits per heavy atom. The largest absolute Gasteiger partial charge is 0.497 e. The topological polar surface area (TPSA) is 107 Å². The summed E-state index contributed by atoms with van der Waals surface area (Å²) in [6, 6.07) is 6.98. The number of methoxy groups -OCH3 is 1. The van der Waals surface area contributed by atoms with Crippen LogP contribution in [0.25, 0.3) is 5.69 Å². The van der Waals surface area contributed by atoms with Gasteiger partial charge in [-0.2, -0.15) is 0 Å². The summed E-state index contributed by atoms with van der Waals surface area (Å²) in [5.41, 5.74) is 1.19. The van der Waals surface area contributed by atoms with E-state index in [4.69, 9.17) is 14.2 Å². The summed E-state index contributed by atoms with van der Waals surface area (Å²) in [7, 11) is 10.9. The summed E-state index contributed by atoms with van der Waals surface area (Å²) in [5.74, 6) is -1.18. The van der Waals surface area contributed by atoms with Gasteiger partial charge in [-0.3, -0.25) is 19.2 Å². The van der Waals surface area contributed by atoms with Crippen LogP contribution in [0.2, 0.25) is 0 Å². The molecule has 206 valence electrons. The quantitative estimate of drug-likeness (QED) is 0.385. The second-order valence-electron chi connectivity index (χ2n) is 9.34. The maximum Gasteiger partial charge on any atom is 0.313 e. The average Bonchev–Trinajstić information content (AvgIpc) is 3.09. The van der Waals surface area contributed by atoms with Gasteiger partial charge in [0.2, 0.25) is 12.2 Å². The third-order valence-electron chi connectivity index (χ3n) is 4.34. The third-order valence-corrected chi connectivity index (χ3v) is 4.34. The number of aromatic nitrogens is 1. The molecule has 1 amide bonds. The smallest absolute Gasteiger partial charge is 0.313 e. The Morgan fingerprint density at radius 1 is 0.838 bits per heavy atom. The van der Waals surface area contributed by atoms with Crippen molar-refractivity contribution in [2.45, 2.75) is 34.6 Å². The van der Waals surface area contributed by atoms with Crippen LogP contribution in [0, 0.1) is 18.8 Å². The lowest BCUT2D eigenvalue weighted by atomic mass is 10.2. The minimum atomic E-state index is -0.531. The number of aldehydes is 1. The molecule has 10 nitrogen and oxygen atoms in total. The van der Waals surface area contributed by atoms with Crippen LogP contribution in [0.15, 0.2) is 24.3 Å². The predicted molar refractivity (Wildman–Crippen MR) is 143 cm³/mol. The summed E-state index contributed by atoms with van der Waals surface area (Å²) >= 11 is 0. The molecule has 0 saturated carbocycles. The Morgan fingerprint density at radius 3 is 1.57 bits per heavy atom. The molecule has 0 spiro atoms. The van der Waals surface area contributed by atoms with Gasteiger partial charge in [0.05, 0.1) is 24.6 Å². The van der Waals surface area contributed by atoms with Crippen molar-refractivity contribution in [3.8, 4) is 22.9 Å². The first-order valence-corrected chi connectivity index (χ1v) is 11.7. The first-order chi connectivity index (χ1) is 17.2. The van der Waals surface area contributed by atoms with E-state index < -0.39 is 23.8 Å². The summed E-state index contributed by atoms with van der Waals surface area (Å²) in [6.45, 7) is 8.43. The molecule has 0 aliphatic heterocycles. The maximum atomic E-state index is 12.2. The van der Waals surface area contributed by atoms with Gasteiger partial charge in [-0.05, 0) is 52.3 Å². The van der Waals surface area contributed by atoms with Crippen LogP contribution in [0.1, 0.15) is 43.9 Å². The van der Waals surface area contributed by atoms with E-state index in [2.05, 4.69) is 0 Å². The van der Waals surface area contributed by atoms with Crippen LogP contribution < -0.4 is 14.2 Å². The molecule has 0 bridgehead atoms. The Bertz CT molecular complexity index is 1020. The molecule has 1 aromatic carbocycles. The van der Waals surface area contributed by atoms with Crippen molar-refractivity contribution in [2.75, 3.05) is 42.3 Å². The molecular weight excluding hydrogens is 478 g/mol. The van der Waals surface area contributed by atoms with Gasteiger partial charge in [0.1, 0.15) is 11.4 Å². The van der Waals surface area contributed by atoms with E-state index in [0.29, 0.717) is 23.4 Å². The minimum absolute atomic E-state index is 0.0592. The molecule has 0 aliphatic carbocycles. The molecule has 1 heterocycles. The number of carbonyl (C=O) groups is 4. The van der Waals surface area contributed by atoms with Crippen molar-refractivity contribution in [3.05, 3.63) is 35.7 Å². The monoisotopic (exact) mass is 519 g/mol. The molecule has 0 radical (unpaired) electrons. The molecule has 0 N–H and O–H groups in total. The van der Waals surface area contributed by atoms with E-state index in [1.807, 2.05) is 26.0 Å². The second-order valence-corrected chi connectivity index (χ2v) is 9.34. The zero-order valence-corrected chi connectivity index (χ0v) is 23.8. The zero-order valence-electron chi connectivity index (χ0n) is 23.8. The minimum Gasteiger partial charge on any atom is -0.497 e. The van der Waals surface area contributed by atoms with Gasteiger partial charge in [0.15, 0.2) is 12.0 Å². The van der Waals surface area contributed by atoms with Crippen molar-refractivity contribution >= 4 is 24.6 Å². The van der Waals surface area contributed by atoms with Crippen molar-refractivity contribution in [3.63, 3.8) is 0 Å². The van der Waals surface area contributed by atoms with Crippen LogP contribution in [-0.4, -0.2) is 81.3 Å². The number of ether oxygens (including phenoxy) is 3. The molecule has 0 aliphatic rings. The number of benzene rings is 1. The van der Waals surface area contributed by atoms with Crippen molar-refractivity contribution < 1.29 is 33.4 Å². The van der Waals surface area contributed by atoms with E-state index in [9.17, 15) is 19.2 Å². The maximum absolute atomic E-state index is 12.2. The highest BCUT2D eigenvalue weighted by Gasteiger charge is 2.29. The summed E-state index contributed by atoms with van der Waals surface area (Å²) in [6.07, 6.45) is 1.33. The number of hydrogen-bond acceptors (Lipinski definition) is 8. The van der Waals surface area contributed by atoms with Crippen LogP contribution in [0.3, 0.4) is 0 Å². The molecule has 37 heavy (non-hydrogen) atoms. The SMILES string of the molecule is CN(C)C.CN(C)C=O.COc1ccc(-n2c(C)c(OC(=O)C(C)C)c(OC(=O)C(C)C)c2C=O)cc1. The standard InChI is InChI=1S/C21H25NO6.C3H7NO.C3H9N/c1-12(2)20(24)27-18-14(5)22(15-7-9-16(26-6)10-8-15)17(11-23)19(18)28-21(25)13(3)4;1-4(2)3-5;1-4(2)3/h7-13H,1-6H3;3H,1-2H3;1-3H3. The van der Waals surface area contributed by atoms with Gasteiger partial charge in [-0.15, -0.1) is 0 Å². The molecule has 1 aromatic heterocycles. The molecule has 0 atom stereocenters. The molecule has 10 heteroatoms.